The standard InChI is InChI=1S/C59H102O6/c1-4-7-10-13-16-19-22-25-28-31-34-37-40-43-46-49-52-58(61)64-55-56(54-63-57(60)51-48-45-42-39-36-33-30-27-24-21-18-15-12-9-6-3)65-59(62)53-50-47-44-41-38-35-32-29-26-23-20-17-14-11-8-5-2/h7,10,16,18-19,21,24-25,27-28,34,37,56H,4-6,8-9,11-15,17,20,22-23,26,29-33,35-36,38-55H2,1-3H3/b10-7-,19-16-,21-18-,27-24-,28-25-,37-34-. The van der Waals surface area contributed by atoms with Crippen LogP contribution in [0.5, 0.6) is 0 Å². The average Bonchev–Trinajstić information content (AvgIpc) is 3.30. The summed E-state index contributed by atoms with van der Waals surface area (Å²) < 4.78 is 16.8. The lowest BCUT2D eigenvalue weighted by molar-refractivity contribution is -0.167. The third kappa shape index (κ3) is 51.7. The monoisotopic (exact) mass is 907 g/mol. The first-order valence-corrected chi connectivity index (χ1v) is 27.5. The van der Waals surface area contributed by atoms with E-state index in [2.05, 4.69) is 93.7 Å². The number of unbranched alkanes of at least 4 members (excludes halogenated alkanes) is 27. The summed E-state index contributed by atoms with van der Waals surface area (Å²) in [5.74, 6) is -0.925. The fourth-order valence-corrected chi connectivity index (χ4v) is 7.60. The molecule has 0 aliphatic heterocycles. The van der Waals surface area contributed by atoms with E-state index in [9.17, 15) is 14.4 Å². The van der Waals surface area contributed by atoms with E-state index in [1.165, 1.54) is 128 Å². The van der Waals surface area contributed by atoms with E-state index in [1.807, 2.05) is 0 Å². The molecule has 374 valence electrons. The first kappa shape index (κ1) is 61.9. The largest absolute Gasteiger partial charge is 0.462 e. The van der Waals surface area contributed by atoms with Crippen LogP contribution >= 0.6 is 0 Å². The molecule has 1 atom stereocenters. The maximum Gasteiger partial charge on any atom is 0.306 e. The van der Waals surface area contributed by atoms with Gasteiger partial charge in [0.05, 0.1) is 0 Å². The van der Waals surface area contributed by atoms with Crippen molar-refractivity contribution >= 4 is 17.9 Å². The van der Waals surface area contributed by atoms with Crippen molar-refractivity contribution in [3.8, 4) is 0 Å². The zero-order valence-electron chi connectivity index (χ0n) is 42.7. The van der Waals surface area contributed by atoms with Gasteiger partial charge in [0.25, 0.3) is 0 Å². The number of esters is 3. The Balaban J connectivity index is 4.44. The zero-order valence-corrected chi connectivity index (χ0v) is 42.7. The van der Waals surface area contributed by atoms with Crippen LogP contribution in [0.25, 0.3) is 0 Å². The summed E-state index contributed by atoms with van der Waals surface area (Å²) in [6.07, 6.45) is 67.4. The minimum atomic E-state index is -0.791. The molecule has 0 aromatic carbocycles. The molecule has 0 radical (unpaired) electrons. The van der Waals surface area contributed by atoms with Crippen LogP contribution in [0.4, 0.5) is 0 Å². The van der Waals surface area contributed by atoms with Gasteiger partial charge < -0.3 is 14.2 Å². The van der Waals surface area contributed by atoms with E-state index in [4.69, 9.17) is 14.2 Å². The Labute approximate surface area is 402 Å². The Kier molecular flexibility index (Phi) is 50.9. The number of carbonyl (C=O) groups excluding carboxylic acids is 3. The molecule has 0 aliphatic rings. The van der Waals surface area contributed by atoms with E-state index in [-0.39, 0.29) is 31.1 Å². The predicted molar refractivity (Wildman–Crippen MR) is 279 cm³/mol. The summed E-state index contributed by atoms with van der Waals surface area (Å²) in [5, 5.41) is 0. The molecule has 0 heterocycles. The van der Waals surface area contributed by atoms with Gasteiger partial charge in [-0.05, 0) is 83.5 Å². The molecule has 6 heteroatoms. The maximum absolute atomic E-state index is 12.8. The van der Waals surface area contributed by atoms with E-state index in [1.54, 1.807) is 0 Å². The summed E-state index contributed by atoms with van der Waals surface area (Å²) in [4.78, 5) is 38.1. The van der Waals surface area contributed by atoms with Gasteiger partial charge in [-0.25, -0.2) is 0 Å². The molecule has 0 fully saturated rings. The molecule has 0 amide bonds. The van der Waals surface area contributed by atoms with Crippen molar-refractivity contribution in [2.24, 2.45) is 0 Å². The van der Waals surface area contributed by atoms with Crippen molar-refractivity contribution in [1.82, 2.24) is 0 Å². The molecular formula is C59H102O6. The van der Waals surface area contributed by atoms with Gasteiger partial charge in [-0.15, -0.1) is 0 Å². The van der Waals surface area contributed by atoms with Gasteiger partial charge in [0.2, 0.25) is 0 Å². The molecular weight excluding hydrogens is 805 g/mol. The minimum absolute atomic E-state index is 0.0902. The lowest BCUT2D eigenvalue weighted by atomic mass is 10.0. The van der Waals surface area contributed by atoms with Gasteiger partial charge in [-0.2, -0.15) is 0 Å². The van der Waals surface area contributed by atoms with Gasteiger partial charge in [0.15, 0.2) is 6.10 Å². The molecule has 0 spiro atoms. The van der Waals surface area contributed by atoms with Crippen molar-refractivity contribution in [2.75, 3.05) is 13.2 Å². The van der Waals surface area contributed by atoms with Crippen molar-refractivity contribution in [1.29, 1.82) is 0 Å². The maximum atomic E-state index is 12.8. The van der Waals surface area contributed by atoms with Crippen molar-refractivity contribution < 1.29 is 28.6 Å². The van der Waals surface area contributed by atoms with Gasteiger partial charge in [-0.3, -0.25) is 14.4 Å². The number of ether oxygens (including phenoxy) is 3. The zero-order chi connectivity index (χ0) is 47.2. The fraction of sp³-hybridized carbons (Fsp3) is 0.746. The lowest BCUT2D eigenvalue weighted by Gasteiger charge is -2.18. The SMILES string of the molecule is CC/C=C\C/C=C\C/C=C\C/C=C\CCCCCC(=O)OCC(COC(=O)CCCCCCCC/C=C\C=C/CCCCC)OC(=O)CCCCCCCCCCCCCCCCCC. The average molecular weight is 907 g/mol. The Bertz CT molecular complexity index is 1230. The van der Waals surface area contributed by atoms with Crippen molar-refractivity contribution in [3.05, 3.63) is 72.9 Å². The number of carbonyl (C=O) groups is 3. The number of rotatable bonds is 49. The Morgan fingerprint density at radius 3 is 1.08 bits per heavy atom. The van der Waals surface area contributed by atoms with Gasteiger partial charge in [-0.1, -0.05) is 235 Å². The third-order valence-corrected chi connectivity index (χ3v) is 11.7. The smallest absolute Gasteiger partial charge is 0.306 e. The van der Waals surface area contributed by atoms with E-state index in [0.717, 1.165) is 96.3 Å². The summed E-state index contributed by atoms with van der Waals surface area (Å²) in [5.41, 5.74) is 0. The van der Waals surface area contributed by atoms with Crippen molar-refractivity contribution in [2.45, 2.75) is 271 Å². The van der Waals surface area contributed by atoms with E-state index < -0.39 is 6.10 Å². The summed E-state index contributed by atoms with van der Waals surface area (Å²) in [6.45, 7) is 6.48. The fourth-order valence-electron chi connectivity index (χ4n) is 7.60. The summed E-state index contributed by atoms with van der Waals surface area (Å²) >= 11 is 0. The second-order valence-electron chi connectivity index (χ2n) is 18.1. The predicted octanol–water partition coefficient (Wildman–Crippen LogP) is 18.2. The van der Waals surface area contributed by atoms with E-state index in [0.29, 0.717) is 19.3 Å². The molecule has 6 nitrogen and oxygen atoms in total. The van der Waals surface area contributed by atoms with Gasteiger partial charge in [0.1, 0.15) is 13.2 Å². The topological polar surface area (TPSA) is 78.9 Å². The molecule has 0 aromatic rings. The first-order valence-electron chi connectivity index (χ1n) is 27.5. The third-order valence-electron chi connectivity index (χ3n) is 11.7. The Morgan fingerprint density at radius 1 is 0.338 bits per heavy atom. The quantitative estimate of drug-likeness (QED) is 0.0199. The minimum Gasteiger partial charge on any atom is -0.462 e. The number of hydrogen-bond acceptors (Lipinski definition) is 6. The summed E-state index contributed by atoms with van der Waals surface area (Å²) in [6, 6.07) is 0. The molecule has 0 aliphatic carbocycles. The van der Waals surface area contributed by atoms with Crippen LogP contribution in [0.15, 0.2) is 72.9 Å². The van der Waals surface area contributed by atoms with Crippen molar-refractivity contribution in [3.63, 3.8) is 0 Å². The number of allylic oxidation sites excluding steroid dienone is 12. The number of hydrogen-bond donors (Lipinski definition) is 0. The first-order chi connectivity index (χ1) is 32.0. The van der Waals surface area contributed by atoms with Crippen LogP contribution in [-0.4, -0.2) is 37.2 Å². The summed E-state index contributed by atoms with van der Waals surface area (Å²) in [7, 11) is 0. The molecule has 0 rings (SSSR count). The van der Waals surface area contributed by atoms with Gasteiger partial charge >= 0.3 is 17.9 Å². The molecule has 0 saturated heterocycles. The van der Waals surface area contributed by atoms with Crippen LogP contribution < -0.4 is 0 Å². The van der Waals surface area contributed by atoms with Gasteiger partial charge in [0, 0.05) is 19.3 Å². The van der Waals surface area contributed by atoms with E-state index >= 15 is 0 Å². The Hall–Kier alpha value is -3.15. The molecule has 0 N–H and O–H groups in total. The van der Waals surface area contributed by atoms with Crippen LogP contribution in [0.3, 0.4) is 0 Å². The second kappa shape index (κ2) is 53.5. The highest BCUT2D eigenvalue weighted by molar-refractivity contribution is 5.71. The highest BCUT2D eigenvalue weighted by Gasteiger charge is 2.19. The molecule has 65 heavy (non-hydrogen) atoms. The lowest BCUT2D eigenvalue weighted by Crippen LogP contribution is -2.30. The highest BCUT2D eigenvalue weighted by Crippen LogP contribution is 2.15. The molecule has 1 unspecified atom stereocenters. The normalized spacial score (nSPS) is 12.6. The Morgan fingerprint density at radius 2 is 0.646 bits per heavy atom. The van der Waals surface area contributed by atoms with Crippen LogP contribution in [0.1, 0.15) is 265 Å². The van der Waals surface area contributed by atoms with Crippen LogP contribution in [0.2, 0.25) is 0 Å². The second-order valence-corrected chi connectivity index (χ2v) is 18.1. The van der Waals surface area contributed by atoms with Crippen LogP contribution in [-0.2, 0) is 28.6 Å². The molecule has 0 bridgehead atoms. The molecule has 0 aromatic heterocycles. The van der Waals surface area contributed by atoms with Crippen LogP contribution in [0, 0.1) is 0 Å². The highest BCUT2D eigenvalue weighted by atomic mass is 16.6. The molecule has 0 saturated carbocycles.